The third-order valence-electron chi connectivity index (χ3n) is 4.31. The van der Waals surface area contributed by atoms with Gasteiger partial charge in [0.1, 0.15) is 5.82 Å². The lowest BCUT2D eigenvalue weighted by atomic mass is 10.1. The van der Waals surface area contributed by atoms with Crippen molar-refractivity contribution in [1.29, 1.82) is 0 Å². The molecule has 0 amide bonds. The Labute approximate surface area is 135 Å². The van der Waals surface area contributed by atoms with E-state index in [0.717, 1.165) is 36.6 Å². The van der Waals surface area contributed by atoms with E-state index in [1.807, 2.05) is 11.3 Å². The molecule has 22 heavy (non-hydrogen) atoms. The molecule has 0 fully saturated rings. The number of fused-ring (bicyclic) bond motifs is 1. The van der Waals surface area contributed by atoms with Crippen LogP contribution in [-0.2, 0) is 19.5 Å². The summed E-state index contributed by atoms with van der Waals surface area (Å²) in [6, 6.07) is 2.26. The van der Waals surface area contributed by atoms with Crippen molar-refractivity contribution in [3.05, 3.63) is 48.8 Å². The van der Waals surface area contributed by atoms with Gasteiger partial charge in [0.25, 0.3) is 5.56 Å². The van der Waals surface area contributed by atoms with E-state index in [0.29, 0.717) is 6.54 Å². The van der Waals surface area contributed by atoms with E-state index in [9.17, 15) is 4.79 Å². The van der Waals surface area contributed by atoms with Gasteiger partial charge in [-0.25, -0.2) is 4.98 Å². The maximum atomic E-state index is 12.3. The summed E-state index contributed by atoms with van der Waals surface area (Å²) in [5.41, 5.74) is 3.23. The normalized spacial score (nSPS) is 15.3. The minimum absolute atomic E-state index is 0.0388. The SMILES string of the molecule is Cc1cc(CN2CCc3nc(C(C)C)[nH]c(=O)c3C2)sc1C. The van der Waals surface area contributed by atoms with E-state index in [4.69, 9.17) is 0 Å². The number of aromatic amines is 1. The summed E-state index contributed by atoms with van der Waals surface area (Å²) < 4.78 is 0. The van der Waals surface area contributed by atoms with Crippen molar-refractivity contribution in [2.45, 2.75) is 53.1 Å². The van der Waals surface area contributed by atoms with Crippen LogP contribution in [0.15, 0.2) is 10.9 Å². The number of H-pyrrole nitrogens is 1. The summed E-state index contributed by atoms with van der Waals surface area (Å²) in [6.07, 6.45) is 0.863. The molecule has 2 aromatic heterocycles. The number of aromatic nitrogens is 2. The Balaban J connectivity index is 1.80. The van der Waals surface area contributed by atoms with Crippen molar-refractivity contribution in [3.8, 4) is 0 Å². The highest BCUT2D eigenvalue weighted by Crippen LogP contribution is 2.24. The minimum atomic E-state index is 0.0388. The Hall–Kier alpha value is -1.46. The molecule has 1 N–H and O–H groups in total. The van der Waals surface area contributed by atoms with Gasteiger partial charge in [-0.05, 0) is 25.5 Å². The molecule has 2 aromatic rings. The molecule has 0 aliphatic carbocycles. The first-order chi connectivity index (χ1) is 10.4. The lowest BCUT2D eigenvalue weighted by molar-refractivity contribution is 0.243. The van der Waals surface area contributed by atoms with Crippen LogP contribution >= 0.6 is 11.3 Å². The first kappa shape index (κ1) is 15.4. The Morgan fingerprint density at radius 3 is 2.82 bits per heavy atom. The Kier molecular flexibility index (Phi) is 4.19. The van der Waals surface area contributed by atoms with Gasteiger partial charge in [-0.15, -0.1) is 11.3 Å². The van der Waals surface area contributed by atoms with E-state index in [-0.39, 0.29) is 11.5 Å². The second-order valence-corrected chi connectivity index (χ2v) is 7.78. The van der Waals surface area contributed by atoms with Crippen LogP contribution in [0.25, 0.3) is 0 Å². The average molecular weight is 317 g/mol. The van der Waals surface area contributed by atoms with E-state index in [1.165, 1.54) is 15.3 Å². The molecule has 3 rings (SSSR count). The molecule has 0 unspecified atom stereocenters. The molecule has 4 nitrogen and oxygen atoms in total. The first-order valence-electron chi connectivity index (χ1n) is 7.84. The second-order valence-electron chi connectivity index (χ2n) is 6.44. The zero-order valence-corrected chi connectivity index (χ0v) is 14.5. The molecule has 118 valence electrons. The Morgan fingerprint density at radius 1 is 1.41 bits per heavy atom. The molecule has 0 bridgehead atoms. The predicted octanol–water partition coefficient (Wildman–Crippen LogP) is 3.13. The van der Waals surface area contributed by atoms with Gasteiger partial charge >= 0.3 is 0 Å². The Morgan fingerprint density at radius 2 is 2.18 bits per heavy atom. The van der Waals surface area contributed by atoms with E-state index >= 15 is 0 Å². The van der Waals surface area contributed by atoms with Gasteiger partial charge in [-0.1, -0.05) is 13.8 Å². The number of nitrogens with zero attached hydrogens (tertiary/aromatic N) is 2. The van der Waals surface area contributed by atoms with Crippen LogP contribution in [0, 0.1) is 13.8 Å². The third-order valence-corrected chi connectivity index (χ3v) is 5.45. The van der Waals surface area contributed by atoms with Crippen LogP contribution in [0.5, 0.6) is 0 Å². The Bertz CT molecular complexity index is 725. The molecule has 3 heterocycles. The van der Waals surface area contributed by atoms with Crippen LogP contribution in [0.2, 0.25) is 0 Å². The van der Waals surface area contributed by atoms with Gasteiger partial charge in [0.15, 0.2) is 0 Å². The number of rotatable bonds is 3. The predicted molar refractivity (Wildman–Crippen MR) is 90.6 cm³/mol. The summed E-state index contributed by atoms with van der Waals surface area (Å²) in [5, 5.41) is 0. The number of hydrogen-bond acceptors (Lipinski definition) is 4. The molecule has 0 spiro atoms. The number of hydrogen-bond donors (Lipinski definition) is 1. The lowest BCUT2D eigenvalue weighted by Gasteiger charge is -2.27. The number of aryl methyl sites for hydroxylation is 2. The van der Waals surface area contributed by atoms with Gasteiger partial charge in [0.05, 0.1) is 11.3 Å². The first-order valence-corrected chi connectivity index (χ1v) is 8.66. The summed E-state index contributed by atoms with van der Waals surface area (Å²) in [6.45, 7) is 11.0. The quantitative estimate of drug-likeness (QED) is 0.946. The molecule has 5 heteroatoms. The van der Waals surface area contributed by atoms with Crippen molar-refractivity contribution in [2.24, 2.45) is 0 Å². The average Bonchev–Trinajstić information content (AvgIpc) is 2.77. The topological polar surface area (TPSA) is 49.0 Å². The maximum absolute atomic E-state index is 12.3. The maximum Gasteiger partial charge on any atom is 0.255 e. The molecule has 0 saturated carbocycles. The number of nitrogens with one attached hydrogen (secondary N) is 1. The van der Waals surface area contributed by atoms with Gasteiger partial charge in [-0.3, -0.25) is 9.69 Å². The zero-order chi connectivity index (χ0) is 15.9. The molecule has 0 saturated heterocycles. The molecule has 0 radical (unpaired) electrons. The van der Waals surface area contributed by atoms with Gasteiger partial charge in [0.2, 0.25) is 0 Å². The zero-order valence-electron chi connectivity index (χ0n) is 13.7. The van der Waals surface area contributed by atoms with Crippen LogP contribution in [0.4, 0.5) is 0 Å². The fraction of sp³-hybridized carbons (Fsp3) is 0.529. The highest BCUT2D eigenvalue weighted by Gasteiger charge is 2.22. The monoisotopic (exact) mass is 317 g/mol. The van der Waals surface area contributed by atoms with Crippen molar-refractivity contribution in [3.63, 3.8) is 0 Å². The number of thiophene rings is 1. The standard InChI is InChI=1S/C17H23N3OS/c1-10(2)16-18-15-5-6-20(9-14(15)17(21)19-16)8-13-7-11(3)12(4)22-13/h7,10H,5-6,8-9H2,1-4H3,(H,18,19,21). The summed E-state index contributed by atoms with van der Waals surface area (Å²) >= 11 is 1.86. The molecule has 0 atom stereocenters. The smallest absolute Gasteiger partial charge is 0.255 e. The van der Waals surface area contributed by atoms with Crippen molar-refractivity contribution < 1.29 is 0 Å². The van der Waals surface area contributed by atoms with Crippen LogP contribution < -0.4 is 5.56 Å². The molecular weight excluding hydrogens is 294 g/mol. The van der Waals surface area contributed by atoms with Crippen molar-refractivity contribution >= 4 is 11.3 Å². The van der Waals surface area contributed by atoms with Crippen molar-refractivity contribution in [1.82, 2.24) is 14.9 Å². The van der Waals surface area contributed by atoms with Gasteiger partial charge < -0.3 is 4.98 Å². The van der Waals surface area contributed by atoms with Crippen LogP contribution in [-0.4, -0.2) is 21.4 Å². The van der Waals surface area contributed by atoms with E-state index < -0.39 is 0 Å². The van der Waals surface area contributed by atoms with Gasteiger partial charge in [0, 0.05) is 41.7 Å². The summed E-state index contributed by atoms with van der Waals surface area (Å²) in [7, 11) is 0. The minimum Gasteiger partial charge on any atom is -0.310 e. The fourth-order valence-corrected chi connectivity index (χ4v) is 3.95. The van der Waals surface area contributed by atoms with Gasteiger partial charge in [-0.2, -0.15) is 0 Å². The van der Waals surface area contributed by atoms with Crippen molar-refractivity contribution in [2.75, 3.05) is 6.54 Å². The summed E-state index contributed by atoms with van der Waals surface area (Å²) in [4.78, 5) is 25.0. The third kappa shape index (κ3) is 3.01. The second kappa shape index (κ2) is 5.97. The van der Waals surface area contributed by atoms with Crippen LogP contribution in [0.1, 0.15) is 52.2 Å². The largest absolute Gasteiger partial charge is 0.310 e. The molecular formula is C17H23N3OS. The molecule has 0 aromatic carbocycles. The van der Waals surface area contributed by atoms with E-state index in [2.05, 4.69) is 48.6 Å². The highest BCUT2D eigenvalue weighted by atomic mass is 32.1. The fourth-order valence-electron chi connectivity index (χ4n) is 2.86. The van der Waals surface area contributed by atoms with E-state index in [1.54, 1.807) is 0 Å². The molecule has 1 aliphatic heterocycles. The summed E-state index contributed by atoms with van der Waals surface area (Å²) in [5.74, 6) is 1.06. The van der Waals surface area contributed by atoms with Crippen LogP contribution in [0.3, 0.4) is 0 Å². The lowest BCUT2D eigenvalue weighted by Crippen LogP contribution is -2.35. The molecule has 1 aliphatic rings. The highest BCUT2D eigenvalue weighted by molar-refractivity contribution is 7.12.